The Labute approximate surface area is 82.9 Å². The number of ketones is 1. The van der Waals surface area contributed by atoms with Crippen LogP contribution in [0.4, 0.5) is 0 Å². The number of hydrogen-bond donors (Lipinski definition) is 0. The first-order chi connectivity index (χ1) is 5.90. The summed E-state index contributed by atoms with van der Waals surface area (Å²) >= 11 is 0. The molecular weight excluding hydrogens is 160 g/mol. The van der Waals surface area contributed by atoms with Gasteiger partial charge in [0.15, 0.2) is 0 Å². The normalized spacial score (nSPS) is 12.2. The minimum Gasteiger partial charge on any atom is -0.299 e. The van der Waals surface area contributed by atoms with Crippen LogP contribution in [-0.2, 0) is 4.79 Å². The summed E-state index contributed by atoms with van der Waals surface area (Å²) in [5.41, 5.74) is -0.0936. The Kier molecular flexibility index (Phi) is 5.27. The molecule has 0 saturated heterocycles. The molecule has 0 N–H and O–H groups in total. The van der Waals surface area contributed by atoms with Gasteiger partial charge in [-0.05, 0) is 18.8 Å². The van der Waals surface area contributed by atoms with Gasteiger partial charge in [0, 0.05) is 11.8 Å². The molecule has 0 amide bonds. The Bertz CT molecular complexity index is 157. The zero-order valence-corrected chi connectivity index (χ0v) is 9.81. The lowest BCUT2D eigenvalue weighted by Crippen LogP contribution is -2.24. The number of carbonyl (C=O) groups excluding carboxylic acids is 1. The predicted molar refractivity (Wildman–Crippen MR) is 57.8 cm³/mol. The molecule has 0 bridgehead atoms. The Morgan fingerprint density at radius 3 is 2.23 bits per heavy atom. The first-order valence-corrected chi connectivity index (χ1v) is 5.43. The van der Waals surface area contributed by atoms with E-state index in [1.54, 1.807) is 0 Å². The van der Waals surface area contributed by atoms with Crippen LogP contribution >= 0.6 is 0 Å². The lowest BCUT2D eigenvalue weighted by molar-refractivity contribution is -0.127. The summed E-state index contributed by atoms with van der Waals surface area (Å²) in [5, 5.41) is 0. The second kappa shape index (κ2) is 5.41. The molecule has 0 heterocycles. The fourth-order valence-electron chi connectivity index (χ4n) is 1.52. The maximum atomic E-state index is 11.8. The third-order valence-electron chi connectivity index (χ3n) is 2.58. The maximum Gasteiger partial charge on any atom is 0.138 e. The van der Waals surface area contributed by atoms with Gasteiger partial charge in [0.2, 0.25) is 0 Å². The molecule has 0 spiro atoms. The molecule has 0 aromatic rings. The van der Waals surface area contributed by atoms with Gasteiger partial charge in [-0.25, -0.2) is 0 Å². The second-order valence-electron chi connectivity index (χ2n) is 4.99. The largest absolute Gasteiger partial charge is 0.299 e. The lowest BCUT2D eigenvalue weighted by atomic mass is 9.81. The topological polar surface area (TPSA) is 17.1 Å². The van der Waals surface area contributed by atoms with Crippen LogP contribution in [0, 0.1) is 11.3 Å². The Balaban J connectivity index is 3.94. The average Bonchev–Trinajstić information content (AvgIpc) is 1.99. The summed E-state index contributed by atoms with van der Waals surface area (Å²) < 4.78 is 0. The number of Topliss-reactive ketones (excluding diaryl/α,β-unsaturated/α-hetero) is 1. The summed E-state index contributed by atoms with van der Waals surface area (Å²) in [6, 6.07) is 0. The van der Waals surface area contributed by atoms with Crippen LogP contribution in [0.2, 0.25) is 0 Å². The smallest absolute Gasteiger partial charge is 0.138 e. The van der Waals surface area contributed by atoms with Crippen LogP contribution in [0.1, 0.15) is 60.3 Å². The van der Waals surface area contributed by atoms with Gasteiger partial charge >= 0.3 is 0 Å². The first kappa shape index (κ1) is 12.7. The molecule has 1 heteroatoms. The van der Waals surface area contributed by atoms with Gasteiger partial charge in [0.1, 0.15) is 5.78 Å². The highest BCUT2D eigenvalue weighted by molar-refractivity contribution is 5.83. The van der Waals surface area contributed by atoms with E-state index in [0.29, 0.717) is 11.7 Å². The van der Waals surface area contributed by atoms with E-state index < -0.39 is 0 Å². The SMILES string of the molecule is CCCC(C)(C)C(=O)CCC(C)C. The monoisotopic (exact) mass is 184 g/mol. The van der Waals surface area contributed by atoms with Gasteiger partial charge in [-0.1, -0.05) is 41.0 Å². The molecular formula is C12H24O. The van der Waals surface area contributed by atoms with E-state index in [4.69, 9.17) is 0 Å². The molecule has 78 valence electrons. The van der Waals surface area contributed by atoms with E-state index >= 15 is 0 Å². The molecule has 13 heavy (non-hydrogen) atoms. The van der Waals surface area contributed by atoms with Gasteiger partial charge in [0.05, 0.1) is 0 Å². The van der Waals surface area contributed by atoms with Crippen molar-refractivity contribution in [3.05, 3.63) is 0 Å². The molecule has 0 aliphatic heterocycles. The van der Waals surface area contributed by atoms with Crippen molar-refractivity contribution in [3.63, 3.8) is 0 Å². The summed E-state index contributed by atoms with van der Waals surface area (Å²) in [6.07, 6.45) is 3.90. The summed E-state index contributed by atoms with van der Waals surface area (Å²) in [5.74, 6) is 1.07. The van der Waals surface area contributed by atoms with Crippen molar-refractivity contribution in [2.24, 2.45) is 11.3 Å². The number of carbonyl (C=O) groups is 1. The quantitative estimate of drug-likeness (QED) is 0.613. The number of rotatable bonds is 6. The van der Waals surface area contributed by atoms with Gasteiger partial charge < -0.3 is 0 Å². The molecule has 0 saturated carbocycles. The number of hydrogen-bond acceptors (Lipinski definition) is 1. The average molecular weight is 184 g/mol. The zero-order chi connectivity index (χ0) is 10.5. The summed E-state index contributed by atoms with van der Waals surface area (Å²) in [4.78, 5) is 11.8. The van der Waals surface area contributed by atoms with Crippen LogP contribution < -0.4 is 0 Å². The van der Waals surface area contributed by atoms with Crippen molar-refractivity contribution in [2.45, 2.75) is 60.3 Å². The van der Waals surface area contributed by atoms with Crippen LogP contribution in [0.25, 0.3) is 0 Å². The molecule has 0 aromatic carbocycles. The predicted octanol–water partition coefficient (Wildman–Crippen LogP) is 3.82. The molecule has 0 atom stereocenters. The van der Waals surface area contributed by atoms with Crippen molar-refractivity contribution in [1.29, 1.82) is 0 Å². The van der Waals surface area contributed by atoms with E-state index in [0.717, 1.165) is 25.7 Å². The molecule has 0 fully saturated rings. The standard InChI is InChI=1S/C12H24O/c1-6-9-12(4,5)11(13)8-7-10(2)3/h10H,6-9H2,1-5H3. The second-order valence-corrected chi connectivity index (χ2v) is 4.99. The Hall–Kier alpha value is -0.330. The molecule has 1 nitrogen and oxygen atoms in total. The van der Waals surface area contributed by atoms with Crippen molar-refractivity contribution >= 4 is 5.78 Å². The summed E-state index contributed by atoms with van der Waals surface area (Å²) in [7, 11) is 0. The van der Waals surface area contributed by atoms with Crippen LogP contribution in [0.5, 0.6) is 0 Å². The highest BCUT2D eigenvalue weighted by Gasteiger charge is 2.25. The van der Waals surface area contributed by atoms with Crippen molar-refractivity contribution in [1.82, 2.24) is 0 Å². The highest BCUT2D eigenvalue weighted by atomic mass is 16.1. The lowest BCUT2D eigenvalue weighted by Gasteiger charge is -2.22. The van der Waals surface area contributed by atoms with E-state index in [1.165, 1.54) is 0 Å². The Morgan fingerprint density at radius 2 is 1.85 bits per heavy atom. The van der Waals surface area contributed by atoms with Gasteiger partial charge in [-0.3, -0.25) is 4.79 Å². The van der Waals surface area contributed by atoms with E-state index in [9.17, 15) is 4.79 Å². The van der Waals surface area contributed by atoms with E-state index in [1.807, 2.05) is 0 Å². The fraction of sp³-hybridized carbons (Fsp3) is 0.917. The van der Waals surface area contributed by atoms with Crippen molar-refractivity contribution < 1.29 is 4.79 Å². The highest BCUT2D eigenvalue weighted by Crippen LogP contribution is 2.26. The minimum absolute atomic E-state index is 0.0936. The van der Waals surface area contributed by atoms with Crippen molar-refractivity contribution in [3.8, 4) is 0 Å². The third-order valence-corrected chi connectivity index (χ3v) is 2.58. The van der Waals surface area contributed by atoms with Gasteiger partial charge in [-0.15, -0.1) is 0 Å². The van der Waals surface area contributed by atoms with Crippen LogP contribution in [0.3, 0.4) is 0 Å². The molecule has 0 radical (unpaired) electrons. The maximum absolute atomic E-state index is 11.8. The molecule has 0 aliphatic rings. The summed E-state index contributed by atoms with van der Waals surface area (Å²) in [6.45, 7) is 10.6. The van der Waals surface area contributed by atoms with Gasteiger partial charge in [0.25, 0.3) is 0 Å². The fourth-order valence-corrected chi connectivity index (χ4v) is 1.52. The molecule has 0 unspecified atom stereocenters. The third kappa shape index (κ3) is 5.07. The Morgan fingerprint density at radius 1 is 1.31 bits per heavy atom. The zero-order valence-electron chi connectivity index (χ0n) is 9.81. The molecule has 0 aliphatic carbocycles. The van der Waals surface area contributed by atoms with Crippen molar-refractivity contribution in [2.75, 3.05) is 0 Å². The molecule has 0 aromatic heterocycles. The van der Waals surface area contributed by atoms with E-state index in [-0.39, 0.29) is 5.41 Å². The first-order valence-electron chi connectivity index (χ1n) is 5.43. The van der Waals surface area contributed by atoms with E-state index in [2.05, 4.69) is 34.6 Å². The van der Waals surface area contributed by atoms with Gasteiger partial charge in [-0.2, -0.15) is 0 Å². The van der Waals surface area contributed by atoms with Crippen LogP contribution in [0.15, 0.2) is 0 Å². The molecule has 0 rings (SSSR count). The minimum atomic E-state index is -0.0936. The van der Waals surface area contributed by atoms with Crippen LogP contribution in [-0.4, -0.2) is 5.78 Å².